The number of methoxy groups -OCH3 is 1. The highest BCUT2D eigenvalue weighted by molar-refractivity contribution is 7.89. The van der Waals surface area contributed by atoms with Crippen molar-refractivity contribution in [3.63, 3.8) is 0 Å². The third-order valence-corrected chi connectivity index (χ3v) is 6.92. The van der Waals surface area contributed by atoms with Crippen molar-refractivity contribution >= 4 is 15.9 Å². The lowest BCUT2D eigenvalue weighted by Crippen LogP contribution is -2.50. The number of hydrogen-bond donors (Lipinski definition) is 0. The van der Waals surface area contributed by atoms with E-state index in [4.69, 9.17) is 9.47 Å². The van der Waals surface area contributed by atoms with Crippen LogP contribution in [0.15, 0.2) is 29.2 Å². The van der Waals surface area contributed by atoms with Gasteiger partial charge in [0.25, 0.3) is 0 Å². The second-order valence-electron chi connectivity index (χ2n) is 6.75. The predicted molar refractivity (Wildman–Crippen MR) is 96.5 cm³/mol. The Bertz CT molecular complexity index is 706. The Kier molecular flexibility index (Phi) is 6.16. The Labute approximate surface area is 154 Å². The average Bonchev–Trinajstić information content (AvgIpc) is 2.69. The summed E-state index contributed by atoms with van der Waals surface area (Å²) in [4.78, 5) is 14.5. The van der Waals surface area contributed by atoms with Crippen LogP contribution in [-0.4, -0.2) is 70.0 Å². The van der Waals surface area contributed by atoms with Crippen LogP contribution in [0.2, 0.25) is 0 Å². The quantitative estimate of drug-likeness (QED) is 0.768. The minimum Gasteiger partial charge on any atom is -0.497 e. The minimum atomic E-state index is -3.54. The molecule has 1 amide bonds. The normalized spacial score (nSPS) is 22.2. The van der Waals surface area contributed by atoms with E-state index in [-0.39, 0.29) is 16.7 Å². The zero-order valence-electron chi connectivity index (χ0n) is 15.1. The SMILES string of the molecule is COc1ccc(S(=O)(=O)N2CCN(C(=O)C[C@H]3CCCOC3)CC2)cc1. The topological polar surface area (TPSA) is 76.2 Å². The van der Waals surface area contributed by atoms with Crippen LogP contribution in [0.3, 0.4) is 0 Å². The lowest BCUT2D eigenvalue weighted by atomic mass is 9.98. The van der Waals surface area contributed by atoms with Gasteiger partial charge in [-0.2, -0.15) is 4.31 Å². The van der Waals surface area contributed by atoms with Crippen LogP contribution in [0.1, 0.15) is 19.3 Å². The second-order valence-corrected chi connectivity index (χ2v) is 8.69. The first-order valence-corrected chi connectivity index (χ1v) is 10.4. The fraction of sp³-hybridized carbons (Fsp3) is 0.611. The number of carbonyl (C=O) groups excluding carboxylic acids is 1. The van der Waals surface area contributed by atoms with Crippen molar-refractivity contribution in [1.29, 1.82) is 0 Å². The van der Waals surface area contributed by atoms with Gasteiger partial charge in [-0.1, -0.05) is 0 Å². The zero-order chi connectivity index (χ0) is 18.6. The standard InChI is InChI=1S/C18H26N2O5S/c1-24-16-4-6-17(7-5-16)26(22,23)20-10-8-19(9-11-20)18(21)13-15-3-2-12-25-14-15/h4-7,15H,2-3,8-14H2,1H3/t15-/m1/s1. The fourth-order valence-electron chi connectivity index (χ4n) is 3.42. The molecule has 0 aromatic heterocycles. The van der Waals surface area contributed by atoms with Crippen molar-refractivity contribution in [2.75, 3.05) is 46.5 Å². The van der Waals surface area contributed by atoms with Gasteiger partial charge in [0, 0.05) is 45.8 Å². The number of ether oxygens (including phenoxy) is 2. The van der Waals surface area contributed by atoms with Gasteiger partial charge in [-0.15, -0.1) is 0 Å². The van der Waals surface area contributed by atoms with Crippen LogP contribution in [0, 0.1) is 5.92 Å². The van der Waals surface area contributed by atoms with Gasteiger partial charge in [-0.3, -0.25) is 4.79 Å². The summed E-state index contributed by atoms with van der Waals surface area (Å²) in [5.41, 5.74) is 0. The van der Waals surface area contributed by atoms with Gasteiger partial charge < -0.3 is 14.4 Å². The summed E-state index contributed by atoms with van der Waals surface area (Å²) in [5, 5.41) is 0. The monoisotopic (exact) mass is 382 g/mol. The van der Waals surface area contributed by atoms with E-state index in [1.54, 1.807) is 36.3 Å². The summed E-state index contributed by atoms with van der Waals surface area (Å²) in [6, 6.07) is 6.38. The Morgan fingerprint density at radius 1 is 1.19 bits per heavy atom. The van der Waals surface area contributed by atoms with Gasteiger partial charge in [-0.05, 0) is 43.0 Å². The van der Waals surface area contributed by atoms with Crippen LogP contribution in [0.5, 0.6) is 5.75 Å². The molecule has 2 saturated heterocycles. The first-order chi connectivity index (χ1) is 12.5. The molecule has 2 fully saturated rings. The summed E-state index contributed by atoms with van der Waals surface area (Å²) >= 11 is 0. The van der Waals surface area contributed by atoms with Crippen LogP contribution in [0.4, 0.5) is 0 Å². The molecule has 144 valence electrons. The number of piperazine rings is 1. The Morgan fingerprint density at radius 3 is 2.46 bits per heavy atom. The second kappa shape index (κ2) is 8.37. The van der Waals surface area contributed by atoms with E-state index in [2.05, 4.69) is 0 Å². The molecule has 8 heteroatoms. The zero-order valence-corrected chi connectivity index (χ0v) is 15.9. The molecule has 2 aliphatic rings. The van der Waals surface area contributed by atoms with E-state index >= 15 is 0 Å². The Morgan fingerprint density at radius 2 is 1.88 bits per heavy atom. The van der Waals surface area contributed by atoms with Crippen molar-refractivity contribution < 1.29 is 22.7 Å². The van der Waals surface area contributed by atoms with Gasteiger partial charge in [0.15, 0.2) is 0 Å². The highest BCUT2D eigenvalue weighted by atomic mass is 32.2. The minimum absolute atomic E-state index is 0.0991. The summed E-state index contributed by atoms with van der Waals surface area (Å²) in [7, 11) is -2.00. The van der Waals surface area contributed by atoms with Gasteiger partial charge in [0.05, 0.1) is 12.0 Å². The van der Waals surface area contributed by atoms with Gasteiger partial charge >= 0.3 is 0 Å². The summed E-state index contributed by atoms with van der Waals surface area (Å²) in [6.07, 6.45) is 2.52. The van der Waals surface area contributed by atoms with Gasteiger partial charge in [0.2, 0.25) is 15.9 Å². The smallest absolute Gasteiger partial charge is 0.243 e. The summed E-state index contributed by atoms with van der Waals surface area (Å²) < 4.78 is 37.4. The molecule has 1 aromatic carbocycles. The molecule has 0 unspecified atom stereocenters. The molecular weight excluding hydrogens is 356 g/mol. The largest absolute Gasteiger partial charge is 0.497 e. The van der Waals surface area contributed by atoms with Crippen molar-refractivity contribution in [3.8, 4) is 5.75 Å². The third-order valence-electron chi connectivity index (χ3n) is 5.01. The van der Waals surface area contributed by atoms with Crippen LogP contribution >= 0.6 is 0 Å². The van der Waals surface area contributed by atoms with E-state index in [0.717, 1.165) is 19.4 Å². The molecule has 0 spiro atoms. The number of benzene rings is 1. The first kappa shape index (κ1) is 19.1. The molecule has 3 rings (SSSR count). The van der Waals surface area contributed by atoms with Crippen LogP contribution in [-0.2, 0) is 19.6 Å². The average molecular weight is 382 g/mol. The third kappa shape index (κ3) is 4.36. The molecule has 2 heterocycles. The van der Waals surface area contributed by atoms with Crippen molar-refractivity contribution in [3.05, 3.63) is 24.3 Å². The maximum absolute atomic E-state index is 12.7. The molecule has 0 aliphatic carbocycles. The molecular formula is C18H26N2O5S. The first-order valence-electron chi connectivity index (χ1n) is 9.00. The number of hydrogen-bond acceptors (Lipinski definition) is 5. The molecule has 1 atom stereocenters. The van der Waals surface area contributed by atoms with Gasteiger partial charge in [-0.25, -0.2) is 8.42 Å². The lowest BCUT2D eigenvalue weighted by molar-refractivity contribution is -0.134. The maximum atomic E-state index is 12.7. The molecule has 7 nitrogen and oxygen atoms in total. The Hall–Kier alpha value is -1.64. The van der Waals surface area contributed by atoms with Crippen molar-refractivity contribution in [2.24, 2.45) is 5.92 Å². The maximum Gasteiger partial charge on any atom is 0.243 e. The van der Waals surface area contributed by atoms with Crippen molar-refractivity contribution in [2.45, 2.75) is 24.2 Å². The number of nitrogens with zero attached hydrogens (tertiary/aromatic N) is 2. The van der Waals surface area contributed by atoms with E-state index in [9.17, 15) is 13.2 Å². The lowest BCUT2D eigenvalue weighted by Gasteiger charge is -2.35. The Balaban J connectivity index is 1.55. The van der Waals surface area contributed by atoms with Gasteiger partial charge in [0.1, 0.15) is 5.75 Å². The number of carbonyl (C=O) groups is 1. The molecule has 1 aromatic rings. The number of rotatable bonds is 5. The van der Waals surface area contributed by atoms with E-state index < -0.39 is 10.0 Å². The van der Waals surface area contributed by atoms with E-state index in [1.807, 2.05) is 0 Å². The molecule has 0 bridgehead atoms. The summed E-state index contributed by atoms with van der Waals surface area (Å²) in [6.45, 7) is 2.94. The summed E-state index contributed by atoms with van der Waals surface area (Å²) in [5.74, 6) is 1.00. The van der Waals surface area contributed by atoms with E-state index in [1.165, 1.54) is 4.31 Å². The highest BCUT2D eigenvalue weighted by Gasteiger charge is 2.31. The fourth-order valence-corrected chi connectivity index (χ4v) is 4.84. The predicted octanol–water partition coefficient (Wildman–Crippen LogP) is 1.34. The van der Waals surface area contributed by atoms with Crippen LogP contribution < -0.4 is 4.74 Å². The van der Waals surface area contributed by atoms with E-state index in [0.29, 0.717) is 45.0 Å². The molecule has 0 saturated carbocycles. The molecule has 0 N–H and O–H groups in total. The van der Waals surface area contributed by atoms with Crippen LogP contribution in [0.25, 0.3) is 0 Å². The molecule has 2 aliphatic heterocycles. The number of sulfonamides is 1. The highest BCUT2D eigenvalue weighted by Crippen LogP contribution is 2.22. The molecule has 0 radical (unpaired) electrons. The molecule has 26 heavy (non-hydrogen) atoms. The number of amides is 1. The van der Waals surface area contributed by atoms with Crippen molar-refractivity contribution in [1.82, 2.24) is 9.21 Å².